The van der Waals surface area contributed by atoms with Gasteiger partial charge >= 0.3 is 0 Å². The molecule has 0 aromatic carbocycles. The van der Waals surface area contributed by atoms with E-state index in [0.717, 1.165) is 28.3 Å². The number of thioether (sulfide) groups is 2. The molecule has 1 N–H and O–H groups in total. The standard InChI is InChI=1S/C17H35NS2/c1-5-7-8-9-10-11-12-16(18-6-2)17-13-19-14(3)15(4)20-17/h14-18H,5-13H2,1-4H3. The summed E-state index contributed by atoms with van der Waals surface area (Å²) in [7, 11) is 0. The Kier molecular flexibility index (Phi) is 10.5. The highest BCUT2D eigenvalue weighted by Crippen LogP contribution is 2.37. The molecule has 3 heteroatoms. The summed E-state index contributed by atoms with van der Waals surface area (Å²) >= 11 is 4.41. The minimum atomic E-state index is 0.735. The van der Waals surface area contributed by atoms with Crippen molar-refractivity contribution in [3.05, 3.63) is 0 Å². The predicted octanol–water partition coefficient (Wildman–Crippen LogP) is 5.34. The second kappa shape index (κ2) is 11.3. The van der Waals surface area contributed by atoms with Gasteiger partial charge in [-0.3, -0.25) is 0 Å². The lowest BCUT2D eigenvalue weighted by Gasteiger charge is -2.36. The van der Waals surface area contributed by atoms with Crippen molar-refractivity contribution < 1.29 is 0 Å². The maximum Gasteiger partial charge on any atom is 0.0294 e. The number of rotatable bonds is 10. The Hall–Kier alpha value is 0.660. The van der Waals surface area contributed by atoms with E-state index < -0.39 is 0 Å². The monoisotopic (exact) mass is 317 g/mol. The Bertz CT molecular complexity index is 235. The van der Waals surface area contributed by atoms with Crippen LogP contribution in [0.1, 0.15) is 72.6 Å². The topological polar surface area (TPSA) is 12.0 Å². The maximum atomic E-state index is 3.76. The molecular formula is C17H35NS2. The van der Waals surface area contributed by atoms with Crippen molar-refractivity contribution in [1.29, 1.82) is 0 Å². The van der Waals surface area contributed by atoms with Gasteiger partial charge in [0.1, 0.15) is 0 Å². The maximum absolute atomic E-state index is 3.76. The summed E-state index contributed by atoms with van der Waals surface area (Å²) in [5.74, 6) is 1.34. The SMILES string of the molecule is CCCCCCCCC(NCC)C1CSC(C)C(C)S1. The van der Waals surface area contributed by atoms with Gasteiger partial charge in [-0.05, 0) is 13.0 Å². The largest absolute Gasteiger partial charge is 0.313 e. The molecule has 1 aliphatic rings. The second-order valence-corrected chi connectivity index (χ2v) is 9.17. The van der Waals surface area contributed by atoms with Crippen molar-refractivity contribution in [3.63, 3.8) is 0 Å². The molecule has 0 amide bonds. The summed E-state index contributed by atoms with van der Waals surface area (Å²) in [4.78, 5) is 0. The number of hydrogen-bond donors (Lipinski definition) is 1. The van der Waals surface area contributed by atoms with Crippen LogP contribution in [0.25, 0.3) is 0 Å². The molecule has 120 valence electrons. The van der Waals surface area contributed by atoms with Crippen molar-refractivity contribution in [3.8, 4) is 0 Å². The first-order valence-corrected chi connectivity index (χ1v) is 10.7. The van der Waals surface area contributed by atoms with Gasteiger partial charge in [0.05, 0.1) is 0 Å². The van der Waals surface area contributed by atoms with E-state index in [1.807, 2.05) is 0 Å². The average molecular weight is 318 g/mol. The zero-order chi connectivity index (χ0) is 14.8. The molecule has 20 heavy (non-hydrogen) atoms. The number of unbranched alkanes of at least 4 members (excludes halogenated alkanes) is 5. The van der Waals surface area contributed by atoms with Gasteiger partial charge < -0.3 is 5.32 Å². The minimum Gasteiger partial charge on any atom is -0.313 e. The molecule has 4 unspecified atom stereocenters. The van der Waals surface area contributed by atoms with E-state index in [0.29, 0.717) is 0 Å². The lowest BCUT2D eigenvalue weighted by Crippen LogP contribution is -2.43. The average Bonchev–Trinajstić information content (AvgIpc) is 2.44. The van der Waals surface area contributed by atoms with Crippen molar-refractivity contribution in [2.24, 2.45) is 0 Å². The van der Waals surface area contributed by atoms with Gasteiger partial charge in [-0.1, -0.05) is 66.2 Å². The Morgan fingerprint density at radius 1 is 1.00 bits per heavy atom. The van der Waals surface area contributed by atoms with E-state index in [2.05, 4.69) is 56.5 Å². The summed E-state index contributed by atoms with van der Waals surface area (Å²) < 4.78 is 0. The van der Waals surface area contributed by atoms with Crippen LogP contribution >= 0.6 is 23.5 Å². The summed E-state index contributed by atoms with van der Waals surface area (Å²) in [5, 5.41) is 6.21. The summed E-state index contributed by atoms with van der Waals surface area (Å²) in [5.41, 5.74) is 0. The third-order valence-corrected chi connectivity index (χ3v) is 7.91. The second-order valence-electron chi connectivity index (χ2n) is 6.14. The fraction of sp³-hybridized carbons (Fsp3) is 1.00. The van der Waals surface area contributed by atoms with Crippen LogP contribution < -0.4 is 5.32 Å². The molecule has 0 bridgehead atoms. The molecule has 1 saturated heterocycles. The van der Waals surface area contributed by atoms with E-state index in [-0.39, 0.29) is 0 Å². The fourth-order valence-corrected chi connectivity index (χ4v) is 6.01. The normalized spacial score (nSPS) is 28.5. The van der Waals surface area contributed by atoms with Gasteiger partial charge in [-0.2, -0.15) is 23.5 Å². The number of nitrogens with one attached hydrogen (secondary N) is 1. The molecule has 1 fully saturated rings. The van der Waals surface area contributed by atoms with Gasteiger partial charge in [0, 0.05) is 27.5 Å². The minimum absolute atomic E-state index is 0.735. The van der Waals surface area contributed by atoms with Crippen LogP contribution in [0.5, 0.6) is 0 Å². The summed E-state index contributed by atoms with van der Waals surface area (Å²) in [6.45, 7) is 10.4. The van der Waals surface area contributed by atoms with E-state index in [1.54, 1.807) is 0 Å². The van der Waals surface area contributed by atoms with E-state index in [4.69, 9.17) is 0 Å². The van der Waals surface area contributed by atoms with Crippen LogP contribution in [-0.4, -0.2) is 34.1 Å². The Morgan fingerprint density at radius 2 is 1.70 bits per heavy atom. The third kappa shape index (κ3) is 7.09. The highest BCUT2D eigenvalue weighted by Gasteiger charge is 2.30. The zero-order valence-electron chi connectivity index (χ0n) is 14.0. The Morgan fingerprint density at radius 3 is 2.35 bits per heavy atom. The third-order valence-electron chi connectivity index (χ3n) is 4.36. The van der Waals surface area contributed by atoms with Crippen LogP contribution in [-0.2, 0) is 0 Å². The molecule has 1 aliphatic heterocycles. The first-order chi connectivity index (χ1) is 9.69. The van der Waals surface area contributed by atoms with Gasteiger partial charge in [-0.25, -0.2) is 0 Å². The van der Waals surface area contributed by atoms with E-state index in [9.17, 15) is 0 Å². The molecular weight excluding hydrogens is 282 g/mol. The number of hydrogen-bond acceptors (Lipinski definition) is 3. The van der Waals surface area contributed by atoms with E-state index in [1.165, 1.54) is 50.7 Å². The molecule has 1 heterocycles. The predicted molar refractivity (Wildman–Crippen MR) is 98.2 cm³/mol. The smallest absolute Gasteiger partial charge is 0.0294 e. The van der Waals surface area contributed by atoms with Crippen molar-refractivity contribution in [2.45, 2.75) is 94.4 Å². The van der Waals surface area contributed by atoms with E-state index >= 15 is 0 Å². The quantitative estimate of drug-likeness (QED) is 0.546. The molecule has 0 aromatic heterocycles. The molecule has 0 aromatic rings. The van der Waals surface area contributed by atoms with Crippen molar-refractivity contribution in [1.82, 2.24) is 5.32 Å². The highest BCUT2D eigenvalue weighted by molar-refractivity contribution is 8.07. The molecule has 1 rings (SSSR count). The Labute approximate surface area is 135 Å². The molecule has 0 aliphatic carbocycles. The first-order valence-electron chi connectivity index (χ1n) is 8.69. The van der Waals surface area contributed by atoms with Crippen molar-refractivity contribution >= 4 is 23.5 Å². The van der Waals surface area contributed by atoms with Gasteiger partial charge in [0.25, 0.3) is 0 Å². The fourth-order valence-electron chi connectivity index (χ4n) is 2.84. The Balaban J connectivity index is 2.25. The van der Waals surface area contributed by atoms with Gasteiger partial charge in [0.15, 0.2) is 0 Å². The highest BCUT2D eigenvalue weighted by atomic mass is 32.2. The lowest BCUT2D eigenvalue weighted by atomic mass is 10.0. The van der Waals surface area contributed by atoms with Crippen LogP contribution in [0.2, 0.25) is 0 Å². The van der Waals surface area contributed by atoms with Gasteiger partial charge in [0.2, 0.25) is 0 Å². The molecule has 0 radical (unpaired) electrons. The van der Waals surface area contributed by atoms with Crippen molar-refractivity contribution in [2.75, 3.05) is 12.3 Å². The first kappa shape index (κ1) is 18.7. The van der Waals surface area contributed by atoms with Gasteiger partial charge in [-0.15, -0.1) is 0 Å². The van der Waals surface area contributed by atoms with Crippen LogP contribution in [0.15, 0.2) is 0 Å². The van der Waals surface area contributed by atoms with Crippen LogP contribution in [0, 0.1) is 0 Å². The van der Waals surface area contributed by atoms with Crippen LogP contribution in [0.3, 0.4) is 0 Å². The summed E-state index contributed by atoms with van der Waals surface area (Å²) in [6.07, 6.45) is 9.86. The van der Waals surface area contributed by atoms with Crippen LogP contribution in [0.4, 0.5) is 0 Å². The molecule has 1 nitrogen and oxygen atoms in total. The summed E-state index contributed by atoms with van der Waals surface area (Å²) in [6, 6.07) is 0.735. The lowest BCUT2D eigenvalue weighted by molar-refractivity contribution is 0.459. The molecule has 0 saturated carbocycles. The molecule has 0 spiro atoms. The molecule has 4 atom stereocenters. The zero-order valence-corrected chi connectivity index (χ0v) is 15.6.